The second-order valence-electron chi connectivity index (χ2n) is 7.55. The molecule has 0 aromatic carbocycles. The van der Waals surface area contributed by atoms with E-state index in [0.29, 0.717) is 6.54 Å². The molecule has 1 atom stereocenters. The number of carboxylic acid groups (broad SMARTS) is 1. The van der Waals surface area contributed by atoms with E-state index in [2.05, 4.69) is 26.1 Å². The van der Waals surface area contributed by atoms with Crippen molar-refractivity contribution in [2.45, 2.75) is 31.6 Å². The predicted octanol–water partition coefficient (Wildman–Crippen LogP) is 1.57. The fourth-order valence-corrected chi connectivity index (χ4v) is 3.41. The largest absolute Gasteiger partial charge is 0.490 e. The molecule has 12 heteroatoms. The van der Waals surface area contributed by atoms with E-state index in [-0.39, 0.29) is 12.1 Å². The number of carbonyl (C=O) groups is 2. The van der Waals surface area contributed by atoms with Crippen molar-refractivity contribution in [3.8, 4) is 0 Å². The lowest BCUT2D eigenvalue weighted by atomic mass is 9.99. The van der Waals surface area contributed by atoms with E-state index >= 15 is 0 Å². The molecule has 2 N–H and O–H groups in total. The molecule has 3 rings (SSSR count). The third-order valence-corrected chi connectivity index (χ3v) is 4.95. The van der Waals surface area contributed by atoms with E-state index in [9.17, 15) is 18.0 Å². The Balaban J connectivity index is 0.000000396. The topological polar surface area (TPSA) is 99.9 Å². The van der Waals surface area contributed by atoms with Gasteiger partial charge in [0.15, 0.2) is 0 Å². The number of hydrogen-bond donors (Lipinski definition) is 2. The van der Waals surface area contributed by atoms with E-state index in [1.165, 1.54) is 5.69 Å². The van der Waals surface area contributed by atoms with Gasteiger partial charge in [-0.3, -0.25) is 9.58 Å². The summed E-state index contributed by atoms with van der Waals surface area (Å²) in [5, 5.41) is 14.6. The van der Waals surface area contributed by atoms with Gasteiger partial charge in [0.05, 0.1) is 11.7 Å². The Bertz CT molecular complexity index is 704. The number of halogens is 3. The summed E-state index contributed by atoms with van der Waals surface area (Å²) in [4.78, 5) is 24.7. The molecule has 2 amide bonds. The van der Waals surface area contributed by atoms with Gasteiger partial charge in [-0.2, -0.15) is 18.3 Å². The van der Waals surface area contributed by atoms with Gasteiger partial charge in [-0.15, -0.1) is 0 Å². The van der Waals surface area contributed by atoms with Crippen molar-refractivity contribution in [2.75, 3.05) is 46.9 Å². The summed E-state index contributed by atoms with van der Waals surface area (Å²) in [5.74, 6) is -2.04. The minimum Gasteiger partial charge on any atom is -0.475 e. The van der Waals surface area contributed by atoms with Gasteiger partial charge in [-0.25, -0.2) is 9.59 Å². The van der Waals surface area contributed by atoms with Gasteiger partial charge >= 0.3 is 18.2 Å². The maximum atomic E-state index is 11.8. The van der Waals surface area contributed by atoms with E-state index in [0.717, 1.165) is 51.6 Å². The quantitative estimate of drug-likeness (QED) is 0.745. The summed E-state index contributed by atoms with van der Waals surface area (Å²) >= 11 is 0. The lowest BCUT2D eigenvalue weighted by Crippen LogP contribution is -2.46. The third kappa shape index (κ3) is 7.17. The highest BCUT2D eigenvalue weighted by Crippen LogP contribution is 2.23. The number of aliphatic carboxylic acids is 1. The van der Waals surface area contributed by atoms with Crippen molar-refractivity contribution in [3.63, 3.8) is 0 Å². The maximum Gasteiger partial charge on any atom is 0.490 e. The van der Waals surface area contributed by atoms with Crippen LogP contribution in [0.4, 0.5) is 18.0 Å². The fraction of sp³-hybridized carbons (Fsp3) is 0.722. The monoisotopic (exact) mass is 435 g/mol. The van der Waals surface area contributed by atoms with E-state index in [1.54, 1.807) is 19.0 Å². The number of carbonyl (C=O) groups excluding carboxylic acids is 1. The van der Waals surface area contributed by atoms with Crippen LogP contribution in [0.1, 0.15) is 24.6 Å². The second kappa shape index (κ2) is 10.6. The molecule has 1 unspecified atom stereocenters. The highest BCUT2D eigenvalue weighted by molar-refractivity contribution is 5.73. The van der Waals surface area contributed by atoms with Crippen molar-refractivity contribution in [1.29, 1.82) is 0 Å². The van der Waals surface area contributed by atoms with E-state index in [4.69, 9.17) is 14.6 Å². The molecule has 30 heavy (non-hydrogen) atoms. The SMILES string of the molecule is CN(C)C(=O)NCC1CN(CC2CCOCC2)Cc2ccnn21.O=C(O)C(F)(F)F. The van der Waals surface area contributed by atoms with Crippen LogP contribution in [0.3, 0.4) is 0 Å². The van der Waals surface area contributed by atoms with Crippen LogP contribution < -0.4 is 5.32 Å². The van der Waals surface area contributed by atoms with Crippen molar-refractivity contribution < 1.29 is 32.6 Å². The molecule has 1 fully saturated rings. The van der Waals surface area contributed by atoms with Crippen LogP contribution in [0.2, 0.25) is 0 Å². The molecular formula is C18H28F3N5O4. The summed E-state index contributed by atoms with van der Waals surface area (Å²) in [5.41, 5.74) is 1.23. The minimum absolute atomic E-state index is 0.0553. The lowest BCUT2D eigenvalue weighted by Gasteiger charge is -2.36. The summed E-state index contributed by atoms with van der Waals surface area (Å²) in [6.45, 7) is 5.36. The average Bonchev–Trinajstić information content (AvgIpc) is 3.15. The Morgan fingerprint density at radius 1 is 1.33 bits per heavy atom. The van der Waals surface area contributed by atoms with Gasteiger partial charge in [0.25, 0.3) is 0 Å². The molecule has 0 spiro atoms. The number of ether oxygens (including phenoxy) is 1. The van der Waals surface area contributed by atoms with Crippen molar-refractivity contribution in [3.05, 3.63) is 18.0 Å². The van der Waals surface area contributed by atoms with Gasteiger partial charge in [0.1, 0.15) is 0 Å². The van der Waals surface area contributed by atoms with Crippen LogP contribution in [0, 0.1) is 5.92 Å². The van der Waals surface area contributed by atoms with Crippen molar-refractivity contribution >= 4 is 12.0 Å². The molecule has 2 aliphatic heterocycles. The molecule has 0 radical (unpaired) electrons. The first-order valence-electron chi connectivity index (χ1n) is 9.65. The van der Waals surface area contributed by atoms with Crippen LogP contribution >= 0.6 is 0 Å². The predicted molar refractivity (Wildman–Crippen MR) is 101 cm³/mol. The minimum atomic E-state index is -5.08. The molecule has 0 aliphatic carbocycles. The molecular weight excluding hydrogens is 407 g/mol. The third-order valence-electron chi connectivity index (χ3n) is 4.95. The van der Waals surface area contributed by atoms with Crippen molar-refractivity contribution in [1.82, 2.24) is 24.9 Å². The zero-order valence-electron chi connectivity index (χ0n) is 17.1. The number of fused-ring (bicyclic) bond motifs is 1. The summed E-state index contributed by atoms with van der Waals surface area (Å²) in [6.07, 6.45) is -0.927. The van der Waals surface area contributed by atoms with E-state index in [1.807, 2.05) is 6.20 Å². The van der Waals surface area contributed by atoms with Crippen LogP contribution in [0.25, 0.3) is 0 Å². The molecule has 170 valence electrons. The number of aromatic nitrogens is 2. The van der Waals surface area contributed by atoms with Crippen molar-refractivity contribution in [2.24, 2.45) is 5.92 Å². The summed E-state index contributed by atoms with van der Waals surface area (Å²) < 4.78 is 39.3. The molecule has 1 aromatic heterocycles. The Hall–Kier alpha value is -2.34. The second-order valence-corrected chi connectivity index (χ2v) is 7.55. The number of hydrogen-bond acceptors (Lipinski definition) is 5. The van der Waals surface area contributed by atoms with Gasteiger partial charge in [0, 0.05) is 59.7 Å². The zero-order chi connectivity index (χ0) is 22.3. The molecule has 0 saturated carbocycles. The van der Waals surface area contributed by atoms with Gasteiger partial charge < -0.3 is 20.1 Å². The number of urea groups is 1. The summed E-state index contributed by atoms with van der Waals surface area (Å²) in [7, 11) is 3.51. The molecule has 3 heterocycles. The standard InChI is InChI=1S/C16H27N5O2.C2HF3O2/c1-19(2)16(22)17-9-15-12-20(10-13-4-7-23-8-5-13)11-14-3-6-18-21(14)15;3-2(4,5)1(6)7/h3,6,13,15H,4-5,7-12H2,1-2H3,(H,17,22);(H,6,7). The molecule has 9 nitrogen and oxygen atoms in total. The van der Waals surface area contributed by atoms with E-state index < -0.39 is 12.1 Å². The fourth-order valence-electron chi connectivity index (χ4n) is 3.41. The number of alkyl halides is 3. The molecule has 0 bridgehead atoms. The van der Waals surface area contributed by atoms with Gasteiger partial charge in [-0.1, -0.05) is 0 Å². The smallest absolute Gasteiger partial charge is 0.475 e. The Kier molecular flexibility index (Phi) is 8.47. The van der Waals surface area contributed by atoms with Crippen LogP contribution in [-0.4, -0.2) is 89.8 Å². The highest BCUT2D eigenvalue weighted by atomic mass is 19.4. The van der Waals surface area contributed by atoms with Crippen LogP contribution in [-0.2, 0) is 16.1 Å². The Morgan fingerprint density at radius 2 is 1.97 bits per heavy atom. The number of rotatable bonds is 4. The number of nitrogens with one attached hydrogen (secondary N) is 1. The number of carboxylic acids is 1. The number of amides is 2. The van der Waals surface area contributed by atoms with Crippen LogP contribution in [0.5, 0.6) is 0 Å². The zero-order valence-corrected chi connectivity index (χ0v) is 17.1. The first-order valence-corrected chi connectivity index (χ1v) is 9.65. The first-order chi connectivity index (χ1) is 14.1. The Labute approximate surface area is 172 Å². The maximum absolute atomic E-state index is 11.8. The molecule has 2 aliphatic rings. The Morgan fingerprint density at radius 3 is 2.53 bits per heavy atom. The van der Waals surface area contributed by atoms with Crippen LogP contribution in [0.15, 0.2) is 12.3 Å². The normalized spacial score (nSPS) is 20.0. The van der Waals surface area contributed by atoms with Gasteiger partial charge in [0.2, 0.25) is 0 Å². The average molecular weight is 435 g/mol. The van der Waals surface area contributed by atoms with Gasteiger partial charge in [-0.05, 0) is 24.8 Å². The molecule has 1 aromatic rings. The number of nitrogens with zero attached hydrogens (tertiary/aromatic N) is 4. The first kappa shape index (κ1) is 23.9. The lowest BCUT2D eigenvalue weighted by molar-refractivity contribution is -0.192. The summed E-state index contributed by atoms with van der Waals surface area (Å²) in [6, 6.07) is 2.22. The molecule has 1 saturated heterocycles. The highest BCUT2D eigenvalue weighted by Gasteiger charge is 2.38.